The van der Waals surface area contributed by atoms with E-state index in [9.17, 15) is 0 Å². The predicted octanol–water partition coefficient (Wildman–Crippen LogP) is 4.55. The number of hydrogen-bond acceptors (Lipinski definition) is 2. The Kier molecular flexibility index (Phi) is 6.07. The molecule has 1 aromatic rings. The zero-order chi connectivity index (χ0) is 12.0. The van der Waals surface area contributed by atoms with Crippen molar-refractivity contribution in [1.29, 1.82) is 0 Å². The van der Waals surface area contributed by atoms with E-state index in [1.807, 2.05) is 18.2 Å². The highest BCUT2D eigenvalue weighted by atomic mass is 35.5. The third kappa shape index (κ3) is 3.91. The first-order valence-corrected chi connectivity index (χ1v) is 6.73. The number of hydrogen-bond donors (Lipinski definition) is 1. The van der Waals surface area contributed by atoms with Crippen molar-refractivity contribution in [2.24, 2.45) is 0 Å². The lowest BCUT2D eigenvalue weighted by atomic mass is 9.97. The maximum Gasteiger partial charge on any atom is 0.122 e. The van der Waals surface area contributed by atoms with Gasteiger partial charge in [-0.25, -0.2) is 0 Å². The molecular weight excluding hydrogens is 240 g/mol. The minimum Gasteiger partial charge on any atom is -0.493 e. The number of benzene rings is 1. The molecule has 1 rings (SSSR count). The molecule has 1 aromatic carbocycles. The monoisotopic (exact) mass is 258 g/mol. The fraction of sp³-hybridized carbons (Fsp3) is 0.538. The highest BCUT2D eigenvalue weighted by Crippen LogP contribution is 2.31. The first-order chi connectivity index (χ1) is 7.69. The Morgan fingerprint density at radius 3 is 2.81 bits per heavy atom. The topological polar surface area (TPSA) is 9.23 Å². The molecule has 0 radical (unpaired) electrons. The van der Waals surface area contributed by atoms with Crippen LogP contribution in [-0.4, -0.2) is 12.4 Å². The Hall–Kier alpha value is -0.340. The van der Waals surface area contributed by atoms with Crippen molar-refractivity contribution in [3.05, 3.63) is 28.8 Å². The molecule has 0 bridgehead atoms. The van der Waals surface area contributed by atoms with Gasteiger partial charge < -0.3 is 4.74 Å². The molecule has 0 spiro atoms. The van der Waals surface area contributed by atoms with E-state index in [2.05, 4.69) is 26.5 Å². The SMILES string of the molecule is CCCOc1ccc(Cl)cc1C(C)CCS. The molecule has 1 unspecified atom stereocenters. The summed E-state index contributed by atoms with van der Waals surface area (Å²) in [5.74, 6) is 2.27. The average molecular weight is 259 g/mol. The number of ether oxygens (including phenoxy) is 1. The van der Waals surface area contributed by atoms with Crippen molar-refractivity contribution in [3.8, 4) is 5.75 Å². The molecule has 3 heteroatoms. The second kappa shape index (κ2) is 7.08. The zero-order valence-electron chi connectivity index (χ0n) is 9.87. The van der Waals surface area contributed by atoms with Crippen LogP contribution in [0.5, 0.6) is 5.75 Å². The van der Waals surface area contributed by atoms with Crippen LogP contribution < -0.4 is 4.74 Å². The molecule has 16 heavy (non-hydrogen) atoms. The largest absolute Gasteiger partial charge is 0.493 e. The van der Waals surface area contributed by atoms with Crippen molar-refractivity contribution in [3.63, 3.8) is 0 Å². The van der Waals surface area contributed by atoms with Crippen molar-refractivity contribution in [2.45, 2.75) is 32.6 Å². The summed E-state index contributed by atoms with van der Waals surface area (Å²) >= 11 is 10.3. The Labute approximate surface area is 109 Å². The van der Waals surface area contributed by atoms with E-state index in [0.717, 1.165) is 36.0 Å². The van der Waals surface area contributed by atoms with E-state index in [-0.39, 0.29) is 0 Å². The van der Waals surface area contributed by atoms with Crippen LogP contribution >= 0.6 is 24.2 Å². The van der Waals surface area contributed by atoms with E-state index in [1.165, 1.54) is 5.56 Å². The molecule has 0 saturated carbocycles. The number of thiol groups is 1. The van der Waals surface area contributed by atoms with Crippen LogP contribution in [0.3, 0.4) is 0 Å². The summed E-state index contributed by atoms with van der Waals surface area (Å²) < 4.78 is 5.73. The van der Waals surface area contributed by atoms with Gasteiger partial charge in [0.1, 0.15) is 5.75 Å². The van der Waals surface area contributed by atoms with Gasteiger partial charge in [-0.1, -0.05) is 25.4 Å². The first-order valence-electron chi connectivity index (χ1n) is 5.72. The van der Waals surface area contributed by atoms with Gasteiger partial charge in [0.25, 0.3) is 0 Å². The highest BCUT2D eigenvalue weighted by Gasteiger charge is 2.11. The van der Waals surface area contributed by atoms with Crippen molar-refractivity contribution >= 4 is 24.2 Å². The summed E-state index contributed by atoms with van der Waals surface area (Å²) in [4.78, 5) is 0. The molecular formula is C13H19ClOS. The van der Waals surface area contributed by atoms with Gasteiger partial charge in [0.05, 0.1) is 6.61 Å². The van der Waals surface area contributed by atoms with Crippen molar-refractivity contribution in [1.82, 2.24) is 0 Å². The predicted molar refractivity (Wildman–Crippen MR) is 74.1 cm³/mol. The Balaban J connectivity index is 2.88. The standard InChI is InChI=1S/C13H19ClOS/c1-3-7-15-13-5-4-11(14)9-12(13)10(2)6-8-16/h4-5,9-10,16H,3,6-8H2,1-2H3. The molecule has 0 saturated heterocycles. The van der Waals surface area contributed by atoms with Crippen LogP contribution in [0.4, 0.5) is 0 Å². The second-order valence-corrected chi connectivity index (χ2v) is 4.83. The first kappa shape index (κ1) is 13.7. The van der Waals surface area contributed by atoms with Gasteiger partial charge in [0.2, 0.25) is 0 Å². The minimum absolute atomic E-state index is 0.433. The van der Waals surface area contributed by atoms with E-state index in [4.69, 9.17) is 16.3 Å². The van der Waals surface area contributed by atoms with Crippen LogP contribution in [0.15, 0.2) is 18.2 Å². The van der Waals surface area contributed by atoms with Gasteiger partial charge in [0.15, 0.2) is 0 Å². The zero-order valence-corrected chi connectivity index (χ0v) is 11.5. The van der Waals surface area contributed by atoms with E-state index in [1.54, 1.807) is 0 Å². The fourth-order valence-electron chi connectivity index (χ4n) is 1.60. The normalized spacial score (nSPS) is 12.5. The van der Waals surface area contributed by atoms with Gasteiger partial charge in [-0.2, -0.15) is 12.6 Å². The summed E-state index contributed by atoms with van der Waals surface area (Å²) in [6.45, 7) is 5.04. The van der Waals surface area contributed by atoms with Gasteiger partial charge in [-0.05, 0) is 48.3 Å². The molecule has 0 N–H and O–H groups in total. The lowest BCUT2D eigenvalue weighted by Gasteiger charge is -2.16. The molecule has 0 aromatic heterocycles. The molecule has 0 amide bonds. The van der Waals surface area contributed by atoms with Gasteiger partial charge in [0, 0.05) is 5.02 Å². The molecule has 0 aliphatic rings. The van der Waals surface area contributed by atoms with Crippen molar-refractivity contribution in [2.75, 3.05) is 12.4 Å². The van der Waals surface area contributed by atoms with Gasteiger partial charge in [-0.3, -0.25) is 0 Å². The van der Waals surface area contributed by atoms with Crippen LogP contribution in [0.2, 0.25) is 5.02 Å². The summed E-state index contributed by atoms with van der Waals surface area (Å²) in [6.07, 6.45) is 2.05. The third-order valence-electron chi connectivity index (χ3n) is 2.53. The summed E-state index contributed by atoms with van der Waals surface area (Å²) in [7, 11) is 0. The average Bonchev–Trinajstić information content (AvgIpc) is 2.27. The van der Waals surface area contributed by atoms with E-state index >= 15 is 0 Å². The van der Waals surface area contributed by atoms with Gasteiger partial charge >= 0.3 is 0 Å². The number of rotatable bonds is 6. The Bertz CT molecular complexity index is 328. The van der Waals surface area contributed by atoms with E-state index < -0.39 is 0 Å². The molecule has 0 heterocycles. The van der Waals surface area contributed by atoms with Crippen LogP contribution in [0, 0.1) is 0 Å². The lowest BCUT2D eigenvalue weighted by molar-refractivity contribution is 0.312. The fourth-order valence-corrected chi connectivity index (χ4v) is 2.16. The summed E-state index contributed by atoms with van der Waals surface area (Å²) in [5.41, 5.74) is 1.19. The molecule has 1 nitrogen and oxygen atoms in total. The van der Waals surface area contributed by atoms with Crippen molar-refractivity contribution < 1.29 is 4.74 Å². The molecule has 0 fully saturated rings. The van der Waals surface area contributed by atoms with Gasteiger partial charge in [-0.15, -0.1) is 0 Å². The maximum atomic E-state index is 6.02. The van der Waals surface area contributed by atoms with Crippen LogP contribution in [0.1, 0.15) is 38.2 Å². The highest BCUT2D eigenvalue weighted by molar-refractivity contribution is 7.80. The minimum atomic E-state index is 0.433. The second-order valence-electron chi connectivity index (χ2n) is 3.94. The smallest absolute Gasteiger partial charge is 0.122 e. The maximum absolute atomic E-state index is 6.02. The summed E-state index contributed by atoms with van der Waals surface area (Å²) in [5, 5.41) is 0.768. The number of halogens is 1. The molecule has 0 aliphatic heterocycles. The quantitative estimate of drug-likeness (QED) is 0.737. The summed E-state index contributed by atoms with van der Waals surface area (Å²) in [6, 6.07) is 5.84. The van der Waals surface area contributed by atoms with Crippen LogP contribution in [0.25, 0.3) is 0 Å². The molecule has 1 atom stereocenters. The Morgan fingerprint density at radius 1 is 1.44 bits per heavy atom. The molecule has 90 valence electrons. The Morgan fingerprint density at radius 2 is 2.19 bits per heavy atom. The molecule has 0 aliphatic carbocycles. The van der Waals surface area contributed by atoms with Crippen LogP contribution in [-0.2, 0) is 0 Å². The lowest BCUT2D eigenvalue weighted by Crippen LogP contribution is -2.02. The third-order valence-corrected chi connectivity index (χ3v) is 3.02. The van der Waals surface area contributed by atoms with E-state index in [0.29, 0.717) is 5.92 Å².